The molecule has 0 unspecified atom stereocenters. The number of urea groups is 1. The Morgan fingerprint density at radius 3 is 2.59 bits per heavy atom. The van der Waals surface area contributed by atoms with Crippen LogP contribution in [0.5, 0.6) is 0 Å². The zero-order valence-electron chi connectivity index (χ0n) is 26.7. The maximum Gasteiger partial charge on any atom is 0.434 e. The predicted molar refractivity (Wildman–Crippen MR) is 179 cm³/mol. The third kappa shape index (κ3) is 7.93. The first-order chi connectivity index (χ1) is 23.5. The molecule has 2 amide bonds. The molecule has 0 bridgehead atoms. The molecule has 0 spiro atoms. The maximum atomic E-state index is 13.7. The number of halogens is 3. The summed E-state index contributed by atoms with van der Waals surface area (Å²) in [4.78, 5) is 53.5. The third-order valence-electron chi connectivity index (χ3n) is 8.85. The van der Waals surface area contributed by atoms with Gasteiger partial charge in [0.2, 0.25) is 5.43 Å². The number of fused-ring (bicyclic) bond motifs is 1. The first kappa shape index (κ1) is 34.5. The quantitative estimate of drug-likeness (QED) is 0.184. The Hall–Kier alpha value is -4.38. The van der Waals surface area contributed by atoms with Gasteiger partial charge in [0.05, 0.1) is 13.2 Å². The number of thiazole rings is 1. The molecule has 0 aliphatic carbocycles. The molecule has 1 aromatic carbocycles. The number of carboxylic acid groups (broad SMARTS) is 1. The number of rotatable bonds is 10. The molecule has 260 valence electrons. The number of amides is 2. The topological polar surface area (TPSA) is 153 Å². The number of nitrogens with zero attached hydrogens (tertiary/aromatic N) is 4. The Labute approximate surface area is 283 Å². The fourth-order valence-corrected chi connectivity index (χ4v) is 7.21. The van der Waals surface area contributed by atoms with Crippen LogP contribution in [0, 0.1) is 5.92 Å². The number of likely N-dealkylation sites (tertiary alicyclic amines) is 1. The van der Waals surface area contributed by atoms with Crippen LogP contribution in [0.2, 0.25) is 0 Å². The van der Waals surface area contributed by atoms with E-state index in [2.05, 4.69) is 35.4 Å². The monoisotopic (exact) mass is 699 g/mol. The number of anilines is 1. The second-order valence-corrected chi connectivity index (χ2v) is 13.0. The highest BCUT2D eigenvalue weighted by Gasteiger charge is 2.34. The van der Waals surface area contributed by atoms with E-state index < -0.39 is 34.9 Å². The van der Waals surface area contributed by atoms with Crippen molar-refractivity contribution in [1.82, 2.24) is 30.1 Å². The zero-order valence-corrected chi connectivity index (χ0v) is 27.5. The van der Waals surface area contributed by atoms with E-state index in [1.165, 1.54) is 18.5 Å². The molecule has 6 rings (SSSR count). The average molecular weight is 700 g/mol. The van der Waals surface area contributed by atoms with E-state index >= 15 is 0 Å². The van der Waals surface area contributed by atoms with Crippen LogP contribution in [0.25, 0.3) is 32.6 Å². The summed E-state index contributed by atoms with van der Waals surface area (Å²) in [5.41, 5.74) is 0.242. The van der Waals surface area contributed by atoms with Gasteiger partial charge in [-0.15, -0.1) is 11.3 Å². The molecule has 4 aromatic rings. The number of hydrogen-bond acceptors (Lipinski definition) is 9. The van der Waals surface area contributed by atoms with Crippen molar-refractivity contribution in [3.05, 3.63) is 63.0 Å². The zero-order chi connectivity index (χ0) is 34.7. The molecule has 3 aromatic heterocycles. The summed E-state index contributed by atoms with van der Waals surface area (Å²) < 4.78 is 46.4. The van der Waals surface area contributed by atoms with Gasteiger partial charge in [0, 0.05) is 79.1 Å². The van der Waals surface area contributed by atoms with Crippen LogP contribution in [0.4, 0.5) is 23.8 Å². The molecule has 2 fully saturated rings. The molecule has 2 aliphatic rings. The van der Waals surface area contributed by atoms with Crippen LogP contribution in [-0.4, -0.2) is 101 Å². The molecule has 12 nitrogen and oxygen atoms in total. The number of benzene rings is 1. The number of carboxylic acids is 1. The van der Waals surface area contributed by atoms with Crippen molar-refractivity contribution < 1.29 is 32.6 Å². The van der Waals surface area contributed by atoms with Crippen molar-refractivity contribution in [3.63, 3.8) is 0 Å². The van der Waals surface area contributed by atoms with Crippen molar-refractivity contribution in [2.75, 3.05) is 64.3 Å². The lowest BCUT2D eigenvalue weighted by Gasteiger charge is -2.28. The Morgan fingerprint density at radius 2 is 1.88 bits per heavy atom. The van der Waals surface area contributed by atoms with Crippen LogP contribution >= 0.6 is 11.3 Å². The molecular formula is C33H36F3N7O5S. The molecule has 0 saturated carbocycles. The number of ether oxygens (including phenoxy) is 1. The Kier molecular flexibility index (Phi) is 10.3. The van der Waals surface area contributed by atoms with Gasteiger partial charge in [-0.3, -0.25) is 15.0 Å². The van der Waals surface area contributed by atoms with Gasteiger partial charge in [-0.1, -0.05) is 0 Å². The van der Waals surface area contributed by atoms with Crippen molar-refractivity contribution in [2.45, 2.75) is 25.9 Å². The normalized spacial score (nSPS) is 17.4. The molecule has 1 atom stereocenters. The minimum absolute atomic E-state index is 0.0399. The standard InChI is InChI=1S/C33H36F3N7O5S/c1-2-37-32(47)41-28-14-22(30-40-27(18-49-30)33(34,35)36)24(15-39-28)21-13-23-26(38-16-25(29(23)44)31(45)46)12-20(21)11-19-3-4-43(17-19)6-5-42-7-9-48-10-8-42/h12-16,18-19H,2-11,17H2,1H3,(H,38,44)(H,45,46)(H2,37,39,41,47)/t19-/m0/s1. The fourth-order valence-electron chi connectivity index (χ4n) is 6.36. The maximum absolute atomic E-state index is 13.7. The number of morpholine rings is 1. The number of aromatic amines is 1. The van der Waals surface area contributed by atoms with Crippen molar-refractivity contribution in [3.8, 4) is 21.7 Å². The van der Waals surface area contributed by atoms with Gasteiger partial charge in [0.15, 0.2) is 5.69 Å². The lowest BCUT2D eigenvalue weighted by molar-refractivity contribution is -0.140. The number of H-pyrrole nitrogens is 1. The second kappa shape index (κ2) is 14.6. The van der Waals surface area contributed by atoms with E-state index in [1.54, 1.807) is 13.0 Å². The van der Waals surface area contributed by atoms with Crippen LogP contribution in [0.3, 0.4) is 0 Å². The summed E-state index contributed by atoms with van der Waals surface area (Å²) in [5, 5.41) is 15.9. The second-order valence-electron chi connectivity index (χ2n) is 12.1. The van der Waals surface area contributed by atoms with Gasteiger partial charge in [0.1, 0.15) is 16.4 Å². The average Bonchev–Trinajstić information content (AvgIpc) is 3.75. The summed E-state index contributed by atoms with van der Waals surface area (Å²) in [5.74, 6) is -1.05. The van der Waals surface area contributed by atoms with Gasteiger partial charge in [-0.25, -0.2) is 19.6 Å². The number of nitrogens with one attached hydrogen (secondary N) is 3. The fraction of sp³-hybridized carbons (Fsp3) is 0.424. The number of aromatic nitrogens is 3. The summed E-state index contributed by atoms with van der Waals surface area (Å²) >= 11 is 0.794. The molecule has 4 N–H and O–H groups in total. The van der Waals surface area contributed by atoms with E-state index in [0.717, 1.165) is 81.2 Å². The molecule has 5 heterocycles. The number of carbonyl (C=O) groups excluding carboxylic acids is 1. The highest BCUT2D eigenvalue weighted by Crippen LogP contribution is 2.41. The lowest BCUT2D eigenvalue weighted by atomic mass is 9.89. The van der Waals surface area contributed by atoms with Crippen molar-refractivity contribution >= 4 is 40.1 Å². The number of alkyl halides is 3. The number of aromatic carboxylic acids is 1. The number of pyridine rings is 2. The highest BCUT2D eigenvalue weighted by molar-refractivity contribution is 7.13. The molecular weight excluding hydrogens is 663 g/mol. The van der Waals surface area contributed by atoms with Crippen LogP contribution in [-0.2, 0) is 17.3 Å². The molecule has 49 heavy (non-hydrogen) atoms. The minimum Gasteiger partial charge on any atom is -0.477 e. The van der Waals surface area contributed by atoms with Crippen molar-refractivity contribution in [1.29, 1.82) is 0 Å². The van der Waals surface area contributed by atoms with Crippen LogP contribution in [0.15, 0.2) is 40.8 Å². The van der Waals surface area contributed by atoms with Gasteiger partial charge in [-0.05, 0) is 61.6 Å². The first-order valence-electron chi connectivity index (χ1n) is 16.0. The Morgan fingerprint density at radius 1 is 1.10 bits per heavy atom. The Balaban J connectivity index is 1.41. The van der Waals surface area contributed by atoms with Crippen LogP contribution < -0.4 is 16.1 Å². The first-order valence-corrected chi connectivity index (χ1v) is 16.9. The van der Waals surface area contributed by atoms with E-state index in [9.17, 15) is 32.7 Å². The summed E-state index contributed by atoms with van der Waals surface area (Å²) in [7, 11) is 0. The van der Waals surface area contributed by atoms with Gasteiger partial charge < -0.3 is 25.0 Å². The van der Waals surface area contributed by atoms with Gasteiger partial charge >= 0.3 is 18.2 Å². The Bertz CT molecular complexity index is 1910. The number of hydrogen-bond donors (Lipinski definition) is 4. The van der Waals surface area contributed by atoms with E-state index in [4.69, 9.17) is 4.74 Å². The van der Waals surface area contributed by atoms with E-state index in [0.29, 0.717) is 29.6 Å². The number of carbonyl (C=O) groups is 2. The summed E-state index contributed by atoms with van der Waals surface area (Å²) in [6, 6.07) is 4.30. The van der Waals surface area contributed by atoms with E-state index in [1.807, 2.05) is 6.07 Å². The highest BCUT2D eigenvalue weighted by atomic mass is 32.1. The molecule has 2 saturated heterocycles. The van der Waals surface area contributed by atoms with Crippen LogP contribution in [0.1, 0.15) is 35.0 Å². The molecule has 2 aliphatic heterocycles. The third-order valence-corrected chi connectivity index (χ3v) is 9.72. The van der Waals surface area contributed by atoms with Gasteiger partial charge in [0.25, 0.3) is 0 Å². The minimum atomic E-state index is -4.67. The smallest absolute Gasteiger partial charge is 0.434 e. The SMILES string of the molecule is CCNC(=O)Nc1cc(-c2nc(C(F)(F)F)cs2)c(-c2cc3c(=O)c(C(=O)O)c[nH]c3cc2C[C@@H]2CCN(CCN3CCOCC3)C2)cn1. The molecule has 0 radical (unpaired) electrons. The van der Waals surface area contributed by atoms with E-state index in [-0.39, 0.29) is 27.7 Å². The van der Waals surface area contributed by atoms with Crippen molar-refractivity contribution in [2.24, 2.45) is 5.92 Å². The molecule has 16 heteroatoms. The van der Waals surface area contributed by atoms with Gasteiger partial charge in [-0.2, -0.15) is 13.2 Å². The predicted octanol–water partition coefficient (Wildman–Crippen LogP) is 4.77. The summed E-state index contributed by atoms with van der Waals surface area (Å²) in [6.07, 6.45) is -0.547. The summed E-state index contributed by atoms with van der Waals surface area (Å²) in [6.45, 7) is 9.02. The largest absolute Gasteiger partial charge is 0.477 e. The lowest BCUT2D eigenvalue weighted by Crippen LogP contribution is -2.41.